The lowest BCUT2D eigenvalue weighted by atomic mass is 10.0. The van der Waals surface area contributed by atoms with Crippen molar-refractivity contribution in [3.05, 3.63) is 75.7 Å². The molecule has 5 rings (SSSR count). The Morgan fingerprint density at radius 1 is 0.667 bits per heavy atom. The van der Waals surface area contributed by atoms with E-state index >= 15 is 0 Å². The SMILES string of the molecule is Nc1cccc2c1-c1c3c(ccc1=N2)=c1ccccc1=N3. The van der Waals surface area contributed by atoms with Crippen LogP contribution in [0.25, 0.3) is 11.1 Å². The van der Waals surface area contributed by atoms with Crippen molar-refractivity contribution in [2.45, 2.75) is 0 Å². The maximum atomic E-state index is 6.18. The van der Waals surface area contributed by atoms with Gasteiger partial charge in [0.1, 0.15) is 0 Å². The second kappa shape index (κ2) is 3.58. The number of hydrogen-bond acceptors (Lipinski definition) is 3. The molecule has 0 radical (unpaired) electrons. The predicted octanol–water partition coefficient (Wildman–Crippen LogP) is 2.75. The molecular formula is C18H11N3. The molecule has 3 aromatic rings. The quantitative estimate of drug-likeness (QED) is 0.432. The van der Waals surface area contributed by atoms with Crippen LogP contribution in [0.4, 0.5) is 17.1 Å². The van der Waals surface area contributed by atoms with E-state index in [0.717, 1.165) is 44.1 Å². The second-order valence-electron chi connectivity index (χ2n) is 5.34. The van der Waals surface area contributed by atoms with Crippen molar-refractivity contribution in [2.75, 3.05) is 5.73 Å². The number of hydrogen-bond donors (Lipinski definition) is 1. The Balaban J connectivity index is 2.03. The fourth-order valence-corrected chi connectivity index (χ4v) is 3.23. The number of para-hydroxylation sites is 1. The van der Waals surface area contributed by atoms with E-state index in [0.29, 0.717) is 0 Å². The first kappa shape index (κ1) is 10.8. The third-order valence-corrected chi connectivity index (χ3v) is 4.15. The van der Waals surface area contributed by atoms with Crippen LogP contribution in [0.15, 0.2) is 64.6 Å². The zero-order valence-electron chi connectivity index (χ0n) is 11.2. The lowest BCUT2D eigenvalue weighted by Crippen LogP contribution is -2.01. The van der Waals surface area contributed by atoms with Crippen LogP contribution in [0.1, 0.15) is 0 Å². The first-order valence-electron chi connectivity index (χ1n) is 6.92. The van der Waals surface area contributed by atoms with Crippen LogP contribution in [0.5, 0.6) is 0 Å². The summed E-state index contributed by atoms with van der Waals surface area (Å²) >= 11 is 0. The molecule has 0 saturated carbocycles. The molecule has 0 saturated heterocycles. The van der Waals surface area contributed by atoms with E-state index < -0.39 is 0 Å². The van der Waals surface area contributed by atoms with E-state index in [1.165, 1.54) is 5.22 Å². The van der Waals surface area contributed by atoms with Gasteiger partial charge in [0, 0.05) is 27.3 Å². The van der Waals surface area contributed by atoms with Gasteiger partial charge >= 0.3 is 0 Å². The third-order valence-electron chi connectivity index (χ3n) is 4.15. The van der Waals surface area contributed by atoms with Crippen LogP contribution in [0.2, 0.25) is 0 Å². The minimum atomic E-state index is 0.759. The van der Waals surface area contributed by atoms with Crippen molar-refractivity contribution >= 4 is 17.1 Å². The number of anilines is 1. The molecule has 0 aromatic heterocycles. The molecule has 0 atom stereocenters. The van der Waals surface area contributed by atoms with Crippen molar-refractivity contribution in [3.8, 4) is 11.1 Å². The summed E-state index contributed by atoms with van der Waals surface area (Å²) in [5.41, 5.74) is 11.0. The highest BCUT2D eigenvalue weighted by Crippen LogP contribution is 2.42. The summed E-state index contributed by atoms with van der Waals surface area (Å²) < 4.78 is 0. The average Bonchev–Trinajstić information content (AvgIpc) is 3.05. The van der Waals surface area contributed by atoms with Gasteiger partial charge in [-0.05, 0) is 30.3 Å². The standard InChI is InChI=1S/C18H11N3/c19-12-5-3-7-14-16(12)17-15(20-14)9-8-11-10-4-1-2-6-13(10)21-18(11)17/h1-9H,19H2. The largest absolute Gasteiger partial charge is 0.398 e. The number of rotatable bonds is 0. The van der Waals surface area contributed by atoms with Gasteiger partial charge in [-0.1, -0.05) is 24.3 Å². The van der Waals surface area contributed by atoms with Crippen LogP contribution >= 0.6 is 0 Å². The van der Waals surface area contributed by atoms with Crippen molar-refractivity contribution in [3.63, 3.8) is 0 Å². The van der Waals surface area contributed by atoms with Crippen LogP contribution in [0, 0.1) is 10.4 Å². The molecular weight excluding hydrogens is 258 g/mol. The molecule has 21 heavy (non-hydrogen) atoms. The summed E-state index contributed by atoms with van der Waals surface area (Å²) in [5, 5.41) is 4.32. The molecule has 0 unspecified atom stereocenters. The number of fused-ring (bicyclic) bond motifs is 6. The van der Waals surface area contributed by atoms with Gasteiger partial charge in [-0.25, -0.2) is 9.98 Å². The average molecular weight is 269 g/mol. The topological polar surface area (TPSA) is 50.7 Å². The molecule has 0 bridgehead atoms. The van der Waals surface area contributed by atoms with E-state index in [-0.39, 0.29) is 0 Å². The van der Waals surface area contributed by atoms with E-state index in [9.17, 15) is 0 Å². The van der Waals surface area contributed by atoms with Gasteiger partial charge in [-0.15, -0.1) is 0 Å². The molecule has 3 heteroatoms. The van der Waals surface area contributed by atoms with Gasteiger partial charge in [-0.3, -0.25) is 0 Å². The zero-order valence-corrected chi connectivity index (χ0v) is 11.2. The van der Waals surface area contributed by atoms with E-state index in [2.05, 4.69) is 23.2 Å². The summed E-state index contributed by atoms with van der Waals surface area (Å²) in [5.74, 6) is 0. The Hall–Kier alpha value is -2.94. The molecule has 2 N–H and O–H groups in total. The van der Waals surface area contributed by atoms with Gasteiger partial charge in [0.25, 0.3) is 0 Å². The minimum absolute atomic E-state index is 0.759. The fourth-order valence-electron chi connectivity index (χ4n) is 3.23. The number of nitrogens with zero attached hydrogens (tertiary/aromatic N) is 2. The summed E-state index contributed by atoms with van der Waals surface area (Å²) in [6, 6.07) is 18.2. The Kier molecular flexibility index (Phi) is 1.84. The molecule has 0 amide bonds. The number of nitrogen functional groups attached to an aromatic ring is 1. The highest BCUT2D eigenvalue weighted by molar-refractivity contribution is 5.94. The van der Waals surface area contributed by atoms with E-state index in [1.807, 2.05) is 36.4 Å². The molecule has 3 aromatic carbocycles. The van der Waals surface area contributed by atoms with E-state index in [1.54, 1.807) is 0 Å². The van der Waals surface area contributed by atoms with Gasteiger partial charge in [0.2, 0.25) is 0 Å². The van der Waals surface area contributed by atoms with Crippen LogP contribution in [0.3, 0.4) is 0 Å². The van der Waals surface area contributed by atoms with Crippen molar-refractivity contribution in [2.24, 2.45) is 9.98 Å². The van der Waals surface area contributed by atoms with Gasteiger partial charge in [0.15, 0.2) is 0 Å². The predicted molar refractivity (Wildman–Crippen MR) is 82.0 cm³/mol. The molecule has 0 spiro atoms. The molecule has 2 aliphatic heterocycles. The molecule has 2 heterocycles. The highest BCUT2D eigenvalue weighted by atomic mass is 14.8. The third kappa shape index (κ3) is 1.28. The van der Waals surface area contributed by atoms with Gasteiger partial charge in [0.05, 0.1) is 22.1 Å². The Bertz CT molecular complexity index is 1140. The summed E-state index contributed by atoms with van der Waals surface area (Å²) in [6.07, 6.45) is 0. The summed E-state index contributed by atoms with van der Waals surface area (Å²) in [6.45, 7) is 0. The summed E-state index contributed by atoms with van der Waals surface area (Å²) in [7, 11) is 0. The maximum absolute atomic E-state index is 6.18. The van der Waals surface area contributed by atoms with Crippen molar-refractivity contribution < 1.29 is 0 Å². The smallest absolute Gasteiger partial charge is 0.0817 e. The minimum Gasteiger partial charge on any atom is -0.398 e. The molecule has 3 nitrogen and oxygen atoms in total. The van der Waals surface area contributed by atoms with Crippen LogP contribution in [-0.4, -0.2) is 0 Å². The first-order valence-corrected chi connectivity index (χ1v) is 6.92. The fraction of sp³-hybridized carbons (Fsp3) is 0. The Labute approximate surface area is 120 Å². The Morgan fingerprint density at radius 3 is 2.52 bits per heavy atom. The summed E-state index contributed by atoms with van der Waals surface area (Å²) in [4.78, 5) is 9.49. The lowest BCUT2D eigenvalue weighted by Gasteiger charge is -2.05. The number of benzene rings is 3. The van der Waals surface area contributed by atoms with Crippen molar-refractivity contribution in [1.29, 1.82) is 0 Å². The highest BCUT2D eigenvalue weighted by Gasteiger charge is 2.21. The molecule has 0 aliphatic carbocycles. The maximum Gasteiger partial charge on any atom is 0.0817 e. The van der Waals surface area contributed by atoms with Crippen LogP contribution in [-0.2, 0) is 0 Å². The zero-order chi connectivity index (χ0) is 14.0. The number of nitrogens with two attached hydrogens (primary N) is 1. The van der Waals surface area contributed by atoms with Gasteiger partial charge in [-0.2, -0.15) is 0 Å². The normalized spacial score (nSPS) is 12.8. The molecule has 2 aliphatic rings. The lowest BCUT2D eigenvalue weighted by molar-refractivity contribution is 1.36. The first-order chi connectivity index (χ1) is 10.3. The molecule has 98 valence electrons. The second-order valence-corrected chi connectivity index (χ2v) is 5.34. The molecule has 0 fully saturated rings. The van der Waals surface area contributed by atoms with E-state index in [4.69, 9.17) is 10.7 Å². The van der Waals surface area contributed by atoms with Crippen molar-refractivity contribution in [1.82, 2.24) is 0 Å². The Morgan fingerprint density at radius 2 is 1.57 bits per heavy atom. The monoisotopic (exact) mass is 269 g/mol. The van der Waals surface area contributed by atoms with Crippen LogP contribution < -0.4 is 16.4 Å². The van der Waals surface area contributed by atoms with Gasteiger partial charge < -0.3 is 5.73 Å².